The van der Waals surface area contributed by atoms with Crippen molar-refractivity contribution >= 4 is 6.29 Å². The van der Waals surface area contributed by atoms with E-state index < -0.39 is 0 Å². The second-order valence-electron chi connectivity index (χ2n) is 8.21. The topological polar surface area (TPSA) is 48.0 Å². The summed E-state index contributed by atoms with van der Waals surface area (Å²) in [5.41, 5.74) is 3.67. The lowest BCUT2D eigenvalue weighted by atomic mass is 9.90. The van der Waals surface area contributed by atoms with Gasteiger partial charge in [-0.25, -0.2) is 0 Å². The van der Waals surface area contributed by atoms with Crippen molar-refractivity contribution in [3.8, 4) is 17.2 Å². The molecular formula is C25H31NO4. The summed E-state index contributed by atoms with van der Waals surface area (Å²) in [6, 6.07) is 12.8. The lowest BCUT2D eigenvalue weighted by Gasteiger charge is -2.22. The number of fused-ring (bicyclic) bond motifs is 1. The molecule has 30 heavy (non-hydrogen) atoms. The Morgan fingerprint density at radius 2 is 1.97 bits per heavy atom. The third-order valence-electron chi connectivity index (χ3n) is 6.26. The van der Waals surface area contributed by atoms with Crippen molar-refractivity contribution in [2.24, 2.45) is 0 Å². The Kier molecular flexibility index (Phi) is 6.58. The molecule has 2 aromatic carbocycles. The molecule has 0 N–H and O–H groups in total. The minimum absolute atomic E-state index is 0.221. The van der Waals surface area contributed by atoms with Gasteiger partial charge in [-0.2, -0.15) is 0 Å². The summed E-state index contributed by atoms with van der Waals surface area (Å²) in [6.45, 7) is 6.65. The highest BCUT2D eigenvalue weighted by atomic mass is 16.7. The van der Waals surface area contributed by atoms with Crippen molar-refractivity contribution in [3.63, 3.8) is 0 Å². The number of carbonyl (C=O) groups excluding carboxylic acids is 1. The van der Waals surface area contributed by atoms with Gasteiger partial charge in [-0.1, -0.05) is 38.0 Å². The fourth-order valence-corrected chi connectivity index (χ4v) is 4.67. The average Bonchev–Trinajstić information content (AvgIpc) is 3.40. The van der Waals surface area contributed by atoms with Crippen LogP contribution in [0.15, 0.2) is 36.4 Å². The number of ether oxygens (including phenoxy) is 3. The number of carbonyl (C=O) groups is 1. The highest BCUT2D eigenvalue weighted by molar-refractivity contribution is 5.54. The third kappa shape index (κ3) is 4.31. The molecule has 0 saturated carbocycles. The summed E-state index contributed by atoms with van der Waals surface area (Å²) in [5.74, 6) is 2.96. The van der Waals surface area contributed by atoms with Crippen LogP contribution in [0.3, 0.4) is 0 Å². The number of nitrogens with zero attached hydrogens (tertiary/aromatic N) is 1. The molecule has 2 aliphatic rings. The van der Waals surface area contributed by atoms with Gasteiger partial charge in [-0.3, -0.25) is 4.90 Å². The Balaban J connectivity index is 1.48. The fourth-order valence-electron chi connectivity index (χ4n) is 4.67. The highest BCUT2D eigenvalue weighted by Crippen LogP contribution is 2.45. The lowest BCUT2D eigenvalue weighted by Crippen LogP contribution is -2.25. The molecule has 1 fully saturated rings. The number of rotatable bonds is 9. The van der Waals surface area contributed by atoms with Crippen LogP contribution in [0.4, 0.5) is 0 Å². The van der Waals surface area contributed by atoms with Gasteiger partial charge in [-0.15, -0.1) is 0 Å². The van der Waals surface area contributed by atoms with Gasteiger partial charge in [0.25, 0.3) is 0 Å². The molecule has 0 radical (unpaired) electrons. The van der Waals surface area contributed by atoms with E-state index in [0.717, 1.165) is 55.1 Å². The monoisotopic (exact) mass is 409 g/mol. The van der Waals surface area contributed by atoms with Gasteiger partial charge in [0.1, 0.15) is 12.0 Å². The van der Waals surface area contributed by atoms with Gasteiger partial charge in [-0.05, 0) is 60.6 Å². The van der Waals surface area contributed by atoms with Crippen LogP contribution in [0.1, 0.15) is 61.3 Å². The maximum absolute atomic E-state index is 11.3. The minimum atomic E-state index is 0.221. The molecule has 160 valence electrons. The number of aldehydes is 1. The fraction of sp³-hybridized carbons (Fsp3) is 0.480. The second-order valence-corrected chi connectivity index (χ2v) is 8.21. The maximum Gasteiger partial charge on any atom is 0.231 e. The van der Waals surface area contributed by atoms with Crippen LogP contribution >= 0.6 is 0 Å². The smallest absolute Gasteiger partial charge is 0.231 e. The van der Waals surface area contributed by atoms with Gasteiger partial charge in [0.05, 0.1) is 13.2 Å². The molecule has 1 unspecified atom stereocenters. The predicted molar refractivity (Wildman–Crippen MR) is 117 cm³/mol. The van der Waals surface area contributed by atoms with Gasteiger partial charge in [0.15, 0.2) is 11.5 Å². The Bertz CT molecular complexity index is 864. The van der Waals surface area contributed by atoms with Crippen molar-refractivity contribution in [3.05, 3.63) is 53.1 Å². The predicted octanol–water partition coefficient (Wildman–Crippen LogP) is 5.02. The van der Waals surface area contributed by atoms with Crippen molar-refractivity contribution in [1.29, 1.82) is 0 Å². The molecule has 2 aliphatic heterocycles. The third-order valence-corrected chi connectivity index (χ3v) is 6.26. The van der Waals surface area contributed by atoms with Crippen LogP contribution in [0.25, 0.3) is 0 Å². The van der Waals surface area contributed by atoms with Gasteiger partial charge < -0.3 is 19.0 Å². The molecule has 5 heteroatoms. The first-order valence-corrected chi connectivity index (χ1v) is 11.0. The Labute approximate surface area is 178 Å². The van der Waals surface area contributed by atoms with E-state index >= 15 is 0 Å². The van der Waals surface area contributed by atoms with E-state index in [9.17, 15) is 4.79 Å². The molecule has 1 saturated heterocycles. The van der Waals surface area contributed by atoms with E-state index in [4.69, 9.17) is 14.2 Å². The van der Waals surface area contributed by atoms with Crippen molar-refractivity contribution in [1.82, 2.24) is 4.90 Å². The molecule has 0 aliphatic carbocycles. The van der Waals surface area contributed by atoms with E-state index in [1.54, 1.807) is 0 Å². The Hall–Kier alpha value is -2.53. The SMILES string of the molecule is CCCCCOc1ccc([C@H]2CC(c3ccc4c(c3C)OCO4)CN2CC=O)cc1. The normalized spacial score (nSPS) is 20.5. The van der Waals surface area contributed by atoms with Crippen LogP contribution in [-0.4, -0.2) is 37.7 Å². The van der Waals surface area contributed by atoms with Gasteiger partial charge >= 0.3 is 0 Å². The molecule has 0 bridgehead atoms. The number of hydrogen-bond acceptors (Lipinski definition) is 5. The Morgan fingerprint density at radius 3 is 2.73 bits per heavy atom. The standard InChI is InChI=1S/C25H31NO4/c1-3-4-5-14-28-21-8-6-19(7-9-21)23-15-20(16-26(23)12-13-27)22-10-11-24-25(18(22)2)30-17-29-24/h6-11,13,20,23H,3-5,12,14-17H2,1-2H3/t20?,23-/m1/s1. The van der Waals surface area contributed by atoms with E-state index in [-0.39, 0.29) is 12.8 Å². The number of likely N-dealkylation sites (tertiary alicyclic amines) is 1. The highest BCUT2D eigenvalue weighted by Gasteiger charge is 2.35. The van der Waals surface area contributed by atoms with Crippen LogP contribution in [-0.2, 0) is 4.79 Å². The molecule has 2 heterocycles. The van der Waals surface area contributed by atoms with E-state index in [1.165, 1.54) is 24.0 Å². The first-order valence-electron chi connectivity index (χ1n) is 11.0. The largest absolute Gasteiger partial charge is 0.494 e. The quantitative estimate of drug-likeness (QED) is 0.430. The molecule has 0 aromatic heterocycles. The maximum atomic E-state index is 11.3. The first-order chi connectivity index (χ1) is 14.7. The summed E-state index contributed by atoms with van der Waals surface area (Å²) in [4.78, 5) is 13.6. The van der Waals surface area contributed by atoms with E-state index in [1.807, 2.05) is 6.07 Å². The van der Waals surface area contributed by atoms with Crippen LogP contribution in [0, 0.1) is 6.92 Å². The second kappa shape index (κ2) is 9.52. The average molecular weight is 410 g/mol. The summed E-state index contributed by atoms with van der Waals surface area (Å²) in [7, 11) is 0. The summed E-state index contributed by atoms with van der Waals surface area (Å²) in [5, 5.41) is 0. The molecule has 0 amide bonds. The molecule has 4 rings (SSSR count). The van der Waals surface area contributed by atoms with Gasteiger partial charge in [0, 0.05) is 12.6 Å². The number of benzene rings is 2. The first kappa shape index (κ1) is 20.7. The van der Waals surface area contributed by atoms with E-state index in [0.29, 0.717) is 12.5 Å². The van der Waals surface area contributed by atoms with Gasteiger partial charge in [0.2, 0.25) is 6.79 Å². The lowest BCUT2D eigenvalue weighted by molar-refractivity contribution is -0.109. The number of hydrogen-bond donors (Lipinski definition) is 0. The summed E-state index contributed by atoms with van der Waals surface area (Å²) < 4.78 is 17.0. The molecule has 0 spiro atoms. The zero-order valence-electron chi connectivity index (χ0n) is 17.9. The van der Waals surface area contributed by atoms with Crippen LogP contribution in [0.5, 0.6) is 17.2 Å². The summed E-state index contributed by atoms with van der Waals surface area (Å²) in [6.07, 6.45) is 5.46. The van der Waals surface area contributed by atoms with Crippen LogP contribution < -0.4 is 14.2 Å². The molecule has 2 aromatic rings. The van der Waals surface area contributed by atoms with E-state index in [2.05, 4.69) is 49.1 Å². The zero-order valence-corrected chi connectivity index (χ0v) is 17.9. The minimum Gasteiger partial charge on any atom is -0.494 e. The molecule has 2 atom stereocenters. The molecular weight excluding hydrogens is 378 g/mol. The van der Waals surface area contributed by atoms with Crippen molar-refractivity contribution in [2.45, 2.75) is 51.5 Å². The van der Waals surface area contributed by atoms with Crippen LogP contribution in [0.2, 0.25) is 0 Å². The Morgan fingerprint density at radius 1 is 1.13 bits per heavy atom. The molecule has 5 nitrogen and oxygen atoms in total. The zero-order chi connectivity index (χ0) is 20.9. The number of unbranched alkanes of at least 4 members (excludes halogenated alkanes) is 2. The van der Waals surface area contributed by atoms with Crippen molar-refractivity contribution in [2.75, 3.05) is 26.5 Å². The van der Waals surface area contributed by atoms with Crippen molar-refractivity contribution < 1.29 is 19.0 Å². The summed E-state index contributed by atoms with van der Waals surface area (Å²) >= 11 is 0.